The molecule has 3 aromatic rings. The van der Waals surface area contributed by atoms with Crippen molar-refractivity contribution < 1.29 is 24.0 Å². The Bertz CT molecular complexity index is 1490. The number of terminal acetylenes is 1. The molecule has 36 heavy (non-hydrogen) atoms. The number of carbonyl (C=O) groups excluding carboxylic acids is 3. The maximum Gasteiger partial charge on any atom is 0.341 e. The molecule has 0 aliphatic heterocycles. The molecule has 13 heteroatoms. The zero-order valence-corrected chi connectivity index (χ0v) is 21.5. The van der Waals surface area contributed by atoms with Crippen LogP contribution in [0.3, 0.4) is 0 Å². The number of nitro groups is 1. The van der Waals surface area contributed by atoms with Crippen molar-refractivity contribution in [3.63, 3.8) is 0 Å². The van der Waals surface area contributed by atoms with Crippen molar-refractivity contribution in [2.45, 2.75) is 25.8 Å². The molecular formula is C23H20N4O6S3. The van der Waals surface area contributed by atoms with E-state index in [2.05, 4.69) is 16.2 Å². The van der Waals surface area contributed by atoms with E-state index in [1.165, 1.54) is 30.6 Å². The number of nitrogens with zero attached hydrogens (tertiary/aromatic N) is 3. The number of aryl methyl sites for hydroxylation is 1. The molecule has 0 unspecified atom stereocenters. The molecule has 10 nitrogen and oxygen atoms in total. The summed E-state index contributed by atoms with van der Waals surface area (Å²) in [6.45, 7) is 0.146. The highest BCUT2D eigenvalue weighted by atomic mass is 32.2. The van der Waals surface area contributed by atoms with Crippen molar-refractivity contribution in [2.24, 2.45) is 4.99 Å². The van der Waals surface area contributed by atoms with Crippen molar-refractivity contribution in [3.8, 4) is 12.3 Å². The van der Waals surface area contributed by atoms with Gasteiger partial charge in [0.2, 0.25) is 5.91 Å². The average Bonchev–Trinajstić information content (AvgIpc) is 3.51. The fourth-order valence-corrected chi connectivity index (χ4v) is 6.82. The molecule has 0 bridgehead atoms. The Morgan fingerprint density at radius 2 is 2.11 bits per heavy atom. The Kier molecular flexibility index (Phi) is 7.88. The van der Waals surface area contributed by atoms with Crippen LogP contribution in [0.5, 0.6) is 0 Å². The number of thiophene rings is 1. The third-order valence-electron chi connectivity index (χ3n) is 5.37. The van der Waals surface area contributed by atoms with Gasteiger partial charge in [0.15, 0.2) is 4.80 Å². The van der Waals surface area contributed by atoms with Crippen LogP contribution in [-0.2, 0) is 33.7 Å². The Labute approximate surface area is 217 Å². The first-order chi connectivity index (χ1) is 17.3. The number of benzene rings is 1. The summed E-state index contributed by atoms with van der Waals surface area (Å²) in [4.78, 5) is 53.3. The lowest BCUT2D eigenvalue weighted by Gasteiger charge is -2.06. The lowest BCUT2D eigenvalue weighted by atomic mass is 10.1. The van der Waals surface area contributed by atoms with E-state index in [0.717, 1.165) is 52.8 Å². The van der Waals surface area contributed by atoms with Crippen LogP contribution in [-0.4, -0.2) is 45.9 Å². The van der Waals surface area contributed by atoms with Crippen LogP contribution in [0.1, 0.15) is 27.2 Å². The Morgan fingerprint density at radius 3 is 2.83 bits per heavy atom. The molecule has 1 aromatic carbocycles. The van der Waals surface area contributed by atoms with Crippen molar-refractivity contribution in [1.82, 2.24) is 4.57 Å². The summed E-state index contributed by atoms with van der Waals surface area (Å²) in [5.74, 6) is 1.16. The van der Waals surface area contributed by atoms with E-state index in [4.69, 9.17) is 11.2 Å². The molecule has 1 aliphatic carbocycles. The van der Waals surface area contributed by atoms with Gasteiger partial charge in [-0.15, -0.1) is 29.5 Å². The minimum atomic E-state index is -0.494. The van der Waals surface area contributed by atoms with Gasteiger partial charge in [-0.2, -0.15) is 4.99 Å². The highest BCUT2D eigenvalue weighted by Crippen LogP contribution is 2.39. The van der Waals surface area contributed by atoms with E-state index in [9.17, 15) is 24.5 Å². The molecule has 0 radical (unpaired) electrons. The maximum absolute atomic E-state index is 12.5. The SMILES string of the molecule is C#CCn1c(=NC(=O)CSCC(=O)Nc2sc3c(c2C(=O)OC)CCC3)sc2cc([N+](=O)[O-])ccc21. The number of thioether (sulfide) groups is 1. The molecule has 2 aromatic heterocycles. The zero-order chi connectivity index (χ0) is 25.8. The number of non-ortho nitro benzene ring substituents is 1. The largest absolute Gasteiger partial charge is 0.465 e. The highest BCUT2D eigenvalue weighted by molar-refractivity contribution is 8.00. The maximum atomic E-state index is 12.5. The molecule has 2 amide bonds. The normalized spacial score (nSPS) is 12.8. The summed E-state index contributed by atoms with van der Waals surface area (Å²) in [7, 11) is 1.31. The number of esters is 1. The van der Waals surface area contributed by atoms with Gasteiger partial charge < -0.3 is 14.6 Å². The van der Waals surface area contributed by atoms with Gasteiger partial charge in [-0.25, -0.2) is 4.79 Å². The minimum absolute atomic E-state index is 0.00654. The molecule has 0 saturated carbocycles. The molecule has 2 heterocycles. The van der Waals surface area contributed by atoms with Crippen LogP contribution >= 0.6 is 34.4 Å². The average molecular weight is 545 g/mol. The second-order valence-electron chi connectivity index (χ2n) is 7.68. The van der Waals surface area contributed by atoms with Crippen LogP contribution in [0, 0.1) is 22.5 Å². The lowest BCUT2D eigenvalue weighted by Crippen LogP contribution is -2.19. The number of thiazole rings is 1. The number of hydrogen-bond acceptors (Lipinski definition) is 9. The molecule has 0 saturated heterocycles. The zero-order valence-electron chi connectivity index (χ0n) is 19.1. The summed E-state index contributed by atoms with van der Waals surface area (Å²) in [5, 5.41) is 14.3. The Balaban J connectivity index is 1.42. The topological polar surface area (TPSA) is 133 Å². The van der Waals surface area contributed by atoms with Gasteiger partial charge in [0.25, 0.3) is 11.6 Å². The second kappa shape index (κ2) is 11.1. The third-order valence-corrected chi connectivity index (χ3v) is 8.54. The summed E-state index contributed by atoms with van der Waals surface area (Å²) in [6.07, 6.45) is 8.07. The monoisotopic (exact) mass is 544 g/mol. The quantitative estimate of drug-likeness (QED) is 0.199. The summed E-state index contributed by atoms with van der Waals surface area (Å²) >= 11 is 3.60. The number of methoxy groups -OCH3 is 1. The molecule has 0 fully saturated rings. The first-order valence-electron chi connectivity index (χ1n) is 10.7. The van der Waals surface area contributed by atoms with Gasteiger partial charge in [-0.1, -0.05) is 17.3 Å². The summed E-state index contributed by atoms with van der Waals surface area (Å²) in [6, 6.07) is 4.36. The predicted molar refractivity (Wildman–Crippen MR) is 140 cm³/mol. The predicted octanol–water partition coefficient (Wildman–Crippen LogP) is 3.38. The van der Waals surface area contributed by atoms with E-state index < -0.39 is 16.8 Å². The van der Waals surface area contributed by atoms with Gasteiger partial charge >= 0.3 is 5.97 Å². The number of hydrogen-bond donors (Lipinski definition) is 1. The van der Waals surface area contributed by atoms with E-state index in [1.807, 2.05) is 0 Å². The van der Waals surface area contributed by atoms with E-state index >= 15 is 0 Å². The number of carbonyl (C=O) groups is 3. The van der Waals surface area contributed by atoms with Crippen LogP contribution in [0.2, 0.25) is 0 Å². The van der Waals surface area contributed by atoms with Crippen LogP contribution in [0.4, 0.5) is 10.7 Å². The number of ether oxygens (including phenoxy) is 1. The Hall–Kier alpha value is -3.47. The number of nitro benzene ring substituents is 1. The van der Waals surface area contributed by atoms with Gasteiger partial charge in [-0.05, 0) is 30.9 Å². The number of aromatic nitrogens is 1. The van der Waals surface area contributed by atoms with Crippen molar-refractivity contribution >= 4 is 73.1 Å². The van der Waals surface area contributed by atoms with Crippen LogP contribution in [0.25, 0.3) is 10.2 Å². The first kappa shape index (κ1) is 25.6. The Morgan fingerprint density at radius 1 is 1.31 bits per heavy atom. The number of fused-ring (bicyclic) bond motifs is 2. The second-order valence-corrected chi connectivity index (χ2v) is 10.8. The minimum Gasteiger partial charge on any atom is -0.465 e. The van der Waals surface area contributed by atoms with E-state index in [-0.39, 0.29) is 29.6 Å². The van der Waals surface area contributed by atoms with Crippen molar-refractivity contribution in [1.29, 1.82) is 0 Å². The fourth-order valence-electron chi connectivity index (χ4n) is 3.85. The van der Waals surface area contributed by atoms with Gasteiger partial charge in [0.1, 0.15) is 5.00 Å². The van der Waals surface area contributed by atoms with Crippen molar-refractivity contribution in [3.05, 3.63) is 49.1 Å². The van der Waals surface area contributed by atoms with E-state index in [1.54, 1.807) is 10.6 Å². The third kappa shape index (κ3) is 5.35. The summed E-state index contributed by atoms with van der Waals surface area (Å²) < 4.78 is 7.11. The molecule has 0 spiro atoms. The van der Waals surface area contributed by atoms with Gasteiger partial charge in [-0.3, -0.25) is 19.7 Å². The smallest absolute Gasteiger partial charge is 0.341 e. The lowest BCUT2D eigenvalue weighted by molar-refractivity contribution is -0.384. The highest BCUT2D eigenvalue weighted by Gasteiger charge is 2.28. The van der Waals surface area contributed by atoms with Crippen LogP contribution in [0.15, 0.2) is 23.2 Å². The first-order valence-corrected chi connectivity index (χ1v) is 13.5. The number of anilines is 1. The molecular weight excluding hydrogens is 524 g/mol. The molecule has 186 valence electrons. The van der Waals surface area contributed by atoms with Gasteiger partial charge in [0.05, 0.1) is 45.9 Å². The van der Waals surface area contributed by atoms with E-state index in [0.29, 0.717) is 25.6 Å². The number of nitrogens with one attached hydrogen (secondary N) is 1. The number of amides is 2. The number of rotatable bonds is 8. The standard InChI is InChI=1S/C23H20N4O6S3/c1-3-9-26-15-8-7-13(27(31)32)10-17(15)36-23(26)25-19(29)12-34-11-18(28)24-21-20(22(30)33-2)14-5-4-6-16(14)35-21/h1,7-8,10H,4-6,9,11-12H2,2H3,(H,24,28). The molecule has 1 N–H and O–H groups in total. The fraction of sp³-hybridized carbons (Fsp3) is 0.304. The molecule has 4 rings (SSSR count). The van der Waals surface area contributed by atoms with Crippen molar-refractivity contribution in [2.75, 3.05) is 23.9 Å². The molecule has 0 atom stereocenters. The summed E-state index contributed by atoms with van der Waals surface area (Å²) in [5.41, 5.74) is 1.94. The molecule has 1 aliphatic rings. The van der Waals surface area contributed by atoms with Crippen LogP contribution < -0.4 is 10.1 Å². The van der Waals surface area contributed by atoms with Gasteiger partial charge in [0, 0.05) is 17.0 Å².